The summed E-state index contributed by atoms with van der Waals surface area (Å²) in [5.41, 5.74) is 6.80. The number of tetrazole rings is 1. The van der Waals surface area contributed by atoms with Gasteiger partial charge in [0.15, 0.2) is 6.33 Å². The number of hydrogen-bond donors (Lipinski definition) is 1. The van der Waals surface area contributed by atoms with E-state index < -0.39 is 0 Å². The third-order valence-electron chi connectivity index (χ3n) is 1.54. The summed E-state index contributed by atoms with van der Waals surface area (Å²) in [6, 6.07) is 5.10. The summed E-state index contributed by atoms with van der Waals surface area (Å²) >= 11 is 5.91. The van der Waals surface area contributed by atoms with E-state index >= 15 is 0 Å². The molecule has 0 saturated carbocycles. The molecule has 0 amide bonds. The van der Waals surface area contributed by atoms with Crippen LogP contribution in [0, 0.1) is 0 Å². The first-order chi connectivity index (χ1) is 6.27. The van der Waals surface area contributed by atoms with E-state index in [4.69, 9.17) is 17.3 Å². The van der Waals surface area contributed by atoms with E-state index in [2.05, 4.69) is 15.4 Å². The molecule has 0 unspecified atom stereocenters. The van der Waals surface area contributed by atoms with Gasteiger partial charge in [0.1, 0.15) is 5.69 Å². The maximum absolute atomic E-state index is 5.91. The molecule has 2 N–H and O–H groups in total. The zero-order valence-corrected chi connectivity index (χ0v) is 7.31. The number of aromatic nitrogens is 4. The van der Waals surface area contributed by atoms with Crippen LogP contribution in [0.4, 0.5) is 5.69 Å². The summed E-state index contributed by atoms with van der Waals surface area (Å²) in [7, 11) is 0. The summed E-state index contributed by atoms with van der Waals surface area (Å²) in [6.45, 7) is 0. The van der Waals surface area contributed by atoms with Crippen molar-refractivity contribution in [1.82, 2.24) is 20.2 Å². The van der Waals surface area contributed by atoms with Gasteiger partial charge in [-0.15, -0.1) is 15.0 Å². The Balaban J connectivity index is 2.53. The molecule has 0 fully saturated rings. The number of nitrogen functional groups attached to an aromatic ring is 1. The Morgan fingerprint density at radius 3 is 2.85 bits per heavy atom. The lowest BCUT2D eigenvalue weighted by Gasteiger charge is -2.01. The van der Waals surface area contributed by atoms with E-state index in [0.29, 0.717) is 16.4 Å². The number of rotatable bonds is 1. The highest BCUT2D eigenvalue weighted by atomic mass is 35.5. The van der Waals surface area contributed by atoms with Crippen LogP contribution in [0.2, 0.25) is 5.02 Å². The van der Waals surface area contributed by atoms with Crippen LogP contribution in [0.5, 0.6) is 0 Å². The first-order valence-corrected chi connectivity index (χ1v) is 3.93. The summed E-state index contributed by atoms with van der Waals surface area (Å²) in [6.07, 6.45) is 1.34. The van der Waals surface area contributed by atoms with Gasteiger partial charge in [-0.25, -0.2) is 0 Å². The molecule has 0 aliphatic carbocycles. The Labute approximate surface area is 79.1 Å². The summed E-state index contributed by atoms with van der Waals surface area (Å²) < 4.78 is 0. The zero-order valence-electron chi connectivity index (χ0n) is 6.55. The second-order valence-corrected chi connectivity index (χ2v) is 2.84. The zero-order chi connectivity index (χ0) is 9.26. The number of hydrogen-bond acceptors (Lipinski definition) is 4. The Morgan fingerprint density at radius 1 is 1.38 bits per heavy atom. The molecule has 0 bridgehead atoms. The number of nitrogens with zero attached hydrogens (tertiary/aromatic N) is 4. The molecule has 13 heavy (non-hydrogen) atoms. The fourth-order valence-corrected chi connectivity index (χ4v) is 1.23. The van der Waals surface area contributed by atoms with Crippen LogP contribution in [0.3, 0.4) is 0 Å². The van der Waals surface area contributed by atoms with E-state index in [9.17, 15) is 0 Å². The lowest BCUT2D eigenvalue weighted by atomic mass is 10.3. The lowest BCUT2D eigenvalue weighted by Crippen LogP contribution is -2.00. The van der Waals surface area contributed by atoms with Crippen LogP contribution in [-0.4, -0.2) is 20.2 Å². The summed E-state index contributed by atoms with van der Waals surface area (Å²) in [5, 5.41) is 11.6. The molecule has 0 radical (unpaired) electrons. The van der Waals surface area contributed by atoms with Crippen LogP contribution in [0.25, 0.3) is 5.69 Å². The van der Waals surface area contributed by atoms with Gasteiger partial charge in [-0.05, 0) is 23.4 Å². The number of nitrogens with two attached hydrogens (primary N) is 1. The third kappa shape index (κ3) is 1.46. The molecule has 0 spiro atoms. The largest absolute Gasteiger partial charge is 0.399 e. The Hall–Kier alpha value is -1.62. The van der Waals surface area contributed by atoms with Crippen LogP contribution in [0.1, 0.15) is 0 Å². The second-order valence-electron chi connectivity index (χ2n) is 2.44. The maximum atomic E-state index is 5.91. The van der Waals surface area contributed by atoms with Gasteiger partial charge in [0.05, 0.1) is 5.02 Å². The Morgan fingerprint density at radius 2 is 2.23 bits per heavy atom. The fourth-order valence-electron chi connectivity index (χ4n) is 0.963. The highest BCUT2D eigenvalue weighted by molar-refractivity contribution is 6.32. The highest BCUT2D eigenvalue weighted by Gasteiger charge is 2.03. The second kappa shape index (κ2) is 3.02. The Bertz CT molecular complexity index is 411. The van der Waals surface area contributed by atoms with Gasteiger partial charge >= 0.3 is 0 Å². The average molecular weight is 196 g/mol. The number of anilines is 1. The van der Waals surface area contributed by atoms with Gasteiger partial charge in [0, 0.05) is 5.69 Å². The van der Waals surface area contributed by atoms with Crippen molar-refractivity contribution in [3.63, 3.8) is 0 Å². The standard InChI is InChI=1S/C7H6ClN5/c8-6-3-5(9)1-2-7(6)13-11-4-10-12-13/h1-4H,9H2. The molecule has 6 heteroatoms. The smallest absolute Gasteiger partial charge is 0.162 e. The van der Waals surface area contributed by atoms with E-state index in [-0.39, 0.29) is 0 Å². The predicted molar refractivity (Wildman–Crippen MR) is 48.6 cm³/mol. The molecule has 1 heterocycles. The van der Waals surface area contributed by atoms with E-state index in [1.54, 1.807) is 18.2 Å². The molecule has 2 rings (SSSR count). The van der Waals surface area contributed by atoms with Crippen LogP contribution in [-0.2, 0) is 0 Å². The third-order valence-corrected chi connectivity index (χ3v) is 1.84. The van der Waals surface area contributed by atoms with Gasteiger partial charge in [0.2, 0.25) is 0 Å². The van der Waals surface area contributed by atoms with Crippen LogP contribution in [0.15, 0.2) is 24.5 Å². The fraction of sp³-hybridized carbons (Fsp3) is 0. The van der Waals surface area contributed by atoms with Crippen molar-refractivity contribution < 1.29 is 0 Å². The van der Waals surface area contributed by atoms with E-state index in [1.165, 1.54) is 11.1 Å². The van der Waals surface area contributed by atoms with Crippen molar-refractivity contribution >= 4 is 17.3 Å². The van der Waals surface area contributed by atoms with Crippen LogP contribution < -0.4 is 5.73 Å². The molecule has 5 nitrogen and oxygen atoms in total. The first kappa shape index (κ1) is 8.00. The van der Waals surface area contributed by atoms with Crippen molar-refractivity contribution in [2.75, 3.05) is 5.73 Å². The molecule has 0 aliphatic rings. The van der Waals surface area contributed by atoms with Crippen molar-refractivity contribution in [2.24, 2.45) is 0 Å². The number of benzene rings is 1. The minimum atomic E-state index is 0.498. The first-order valence-electron chi connectivity index (χ1n) is 3.56. The molecule has 0 saturated heterocycles. The van der Waals surface area contributed by atoms with Crippen molar-refractivity contribution in [3.8, 4) is 5.69 Å². The van der Waals surface area contributed by atoms with Gasteiger partial charge in [-0.1, -0.05) is 11.6 Å². The molecular weight excluding hydrogens is 190 g/mol. The Kier molecular flexibility index (Phi) is 1.86. The maximum Gasteiger partial charge on any atom is 0.162 e. The molecular formula is C7H6ClN5. The molecule has 2 aromatic rings. The van der Waals surface area contributed by atoms with Crippen LogP contribution >= 0.6 is 11.6 Å². The predicted octanol–water partition coefficient (Wildman–Crippen LogP) is 0.898. The highest BCUT2D eigenvalue weighted by Crippen LogP contribution is 2.20. The molecule has 66 valence electrons. The lowest BCUT2D eigenvalue weighted by molar-refractivity contribution is 0.720. The summed E-state index contributed by atoms with van der Waals surface area (Å²) in [4.78, 5) is 1.34. The van der Waals surface area contributed by atoms with Crippen molar-refractivity contribution in [1.29, 1.82) is 0 Å². The van der Waals surface area contributed by atoms with Gasteiger partial charge in [-0.2, -0.15) is 0 Å². The van der Waals surface area contributed by atoms with E-state index in [0.717, 1.165) is 0 Å². The minimum Gasteiger partial charge on any atom is -0.399 e. The van der Waals surface area contributed by atoms with Gasteiger partial charge in [-0.3, -0.25) is 0 Å². The quantitative estimate of drug-likeness (QED) is 0.687. The number of halogens is 1. The average Bonchev–Trinajstić information content (AvgIpc) is 2.56. The van der Waals surface area contributed by atoms with E-state index in [1.807, 2.05) is 0 Å². The minimum absolute atomic E-state index is 0.498. The topological polar surface area (TPSA) is 69.6 Å². The SMILES string of the molecule is Nc1ccc(-n2ncnn2)c(Cl)c1. The molecule has 0 aliphatic heterocycles. The summed E-state index contributed by atoms with van der Waals surface area (Å²) in [5.74, 6) is 0. The molecule has 0 atom stereocenters. The molecule has 1 aromatic carbocycles. The molecule has 1 aromatic heterocycles. The van der Waals surface area contributed by atoms with Crippen molar-refractivity contribution in [2.45, 2.75) is 0 Å². The van der Waals surface area contributed by atoms with Gasteiger partial charge in [0.25, 0.3) is 0 Å². The monoisotopic (exact) mass is 195 g/mol. The van der Waals surface area contributed by atoms with Gasteiger partial charge < -0.3 is 5.73 Å². The normalized spacial score (nSPS) is 10.2. The van der Waals surface area contributed by atoms with Crippen molar-refractivity contribution in [3.05, 3.63) is 29.5 Å².